The van der Waals surface area contributed by atoms with E-state index in [-0.39, 0.29) is 24.1 Å². The molecule has 8 heteroatoms. The highest BCUT2D eigenvalue weighted by Gasteiger charge is 2.35. The Morgan fingerprint density at radius 3 is 2.56 bits per heavy atom. The number of rotatable bonds is 8. The predicted octanol–water partition coefficient (Wildman–Crippen LogP) is 2.69. The van der Waals surface area contributed by atoms with Crippen LogP contribution in [0.15, 0.2) is 73.3 Å². The van der Waals surface area contributed by atoms with Gasteiger partial charge in [0.15, 0.2) is 0 Å². The van der Waals surface area contributed by atoms with Crippen molar-refractivity contribution >= 4 is 29.1 Å². The number of benzene rings is 2. The van der Waals surface area contributed by atoms with Crippen LogP contribution in [0.1, 0.15) is 23.2 Å². The fourth-order valence-corrected chi connectivity index (χ4v) is 3.67. The molecule has 0 radical (unpaired) electrons. The minimum atomic E-state index is -0.416. The second kappa shape index (κ2) is 9.91. The average Bonchev–Trinajstić information content (AvgIpc) is 3.47. The molecule has 2 heterocycles. The highest BCUT2D eigenvalue weighted by atomic mass is 16.2. The lowest BCUT2D eigenvalue weighted by atomic mass is 10.1. The quantitative estimate of drug-likeness (QED) is 0.536. The Morgan fingerprint density at radius 1 is 1.06 bits per heavy atom. The molecule has 4 rings (SSSR count). The van der Waals surface area contributed by atoms with E-state index >= 15 is 0 Å². The van der Waals surface area contributed by atoms with Gasteiger partial charge in [-0.2, -0.15) is 0 Å². The van der Waals surface area contributed by atoms with E-state index < -0.39 is 5.92 Å². The summed E-state index contributed by atoms with van der Waals surface area (Å²) in [6, 6.07) is 16.1. The normalized spacial score (nSPS) is 15.6. The summed E-state index contributed by atoms with van der Waals surface area (Å²) < 4.78 is 1.96. The van der Waals surface area contributed by atoms with Gasteiger partial charge in [-0.1, -0.05) is 18.2 Å². The number of nitrogens with zero attached hydrogens (tertiary/aromatic N) is 3. The van der Waals surface area contributed by atoms with Gasteiger partial charge in [-0.25, -0.2) is 4.98 Å². The van der Waals surface area contributed by atoms with E-state index in [2.05, 4.69) is 15.6 Å². The first-order valence-electron chi connectivity index (χ1n) is 10.6. The summed E-state index contributed by atoms with van der Waals surface area (Å²) in [6.45, 7) is 1.70. The molecule has 32 heavy (non-hydrogen) atoms. The van der Waals surface area contributed by atoms with Crippen molar-refractivity contribution in [3.63, 3.8) is 0 Å². The summed E-state index contributed by atoms with van der Waals surface area (Å²) in [4.78, 5) is 42.9. The SMILES string of the molecule is O=C(NCCCn1ccnc1)c1ccc(NC(=O)C2CC(=O)N(c3ccccc3)C2)cc1. The molecule has 1 aliphatic heterocycles. The number of imidazole rings is 1. The molecular weight excluding hydrogens is 406 g/mol. The predicted molar refractivity (Wildman–Crippen MR) is 121 cm³/mol. The molecule has 1 aromatic heterocycles. The number of carbonyl (C=O) groups excluding carboxylic acids is 3. The number of para-hydroxylation sites is 1. The van der Waals surface area contributed by atoms with Gasteiger partial charge < -0.3 is 20.1 Å². The molecule has 1 saturated heterocycles. The monoisotopic (exact) mass is 431 g/mol. The number of anilines is 2. The number of carbonyl (C=O) groups is 3. The van der Waals surface area contributed by atoms with Crippen molar-refractivity contribution in [3.05, 3.63) is 78.9 Å². The van der Waals surface area contributed by atoms with Gasteiger partial charge >= 0.3 is 0 Å². The Hall–Kier alpha value is -3.94. The van der Waals surface area contributed by atoms with E-state index in [1.165, 1.54) is 0 Å². The second-order valence-electron chi connectivity index (χ2n) is 7.72. The van der Waals surface area contributed by atoms with Gasteiger partial charge in [0.05, 0.1) is 12.2 Å². The lowest BCUT2D eigenvalue weighted by Crippen LogP contribution is -2.28. The van der Waals surface area contributed by atoms with Crippen molar-refractivity contribution < 1.29 is 14.4 Å². The molecule has 1 fully saturated rings. The number of nitrogens with one attached hydrogen (secondary N) is 2. The zero-order valence-electron chi connectivity index (χ0n) is 17.6. The zero-order chi connectivity index (χ0) is 22.3. The third kappa shape index (κ3) is 5.21. The molecule has 0 aliphatic carbocycles. The second-order valence-corrected chi connectivity index (χ2v) is 7.72. The maximum atomic E-state index is 12.7. The van der Waals surface area contributed by atoms with Crippen LogP contribution in [0.3, 0.4) is 0 Å². The molecule has 164 valence electrons. The van der Waals surface area contributed by atoms with Crippen molar-refractivity contribution in [2.45, 2.75) is 19.4 Å². The lowest BCUT2D eigenvalue weighted by molar-refractivity contribution is -0.122. The smallest absolute Gasteiger partial charge is 0.251 e. The molecule has 3 amide bonds. The van der Waals surface area contributed by atoms with Gasteiger partial charge in [-0.05, 0) is 42.8 Å². The van der Waals surface area contributed by atoms with Gasteiger partial charge in [-0.3, -0.25) is 14.4 Å². The Morgan fingerprint density at radius 2 is 1.84 bits per heavy atom. The zero-order valence-corrected chi connectivity index (χ0v) is 17.6. The Kier molecular flexibility index (Phi) is 6.60. The Bertz CT molecular complexity index is 1060. The van der Waals surface area contributed by atoms with Crippen LogP contribution in [0, 0.1) is 5.92 Å². The van der Waals surface area contributed by atoms with Crippen LogP contribution in [0.2, 0.25) is 0 Å². The standard InChI is InChI=1S/C24H25N5O3/c30-22-15-19(16-29(22)21-5-2-1-3-6-21)24(32)27-20-9-7-18(8-10-20)23(31)26-11-4-13-28-14-12-25-17-28/h1-3,5-10,12,14,17,19H,4,11,13,15-16H2,(H,26,31)(H,27,32). The maximum Gasteiger partial charge on any atom is 0.251 e. The minimum Gasteiger partial charge on any atom is -0.352 e. The van der Waals surface area contributed by atoms with Crippen LogP contribution in [0.4, 0.5) is 11.4 Å². The van der Waals surface area contributed by atoms with E-state index in [1.54, 1.807) is 41.7 Å². The summed E-state index contributed by atoms with van der Waals surface area (Å²) in [7, 11) is 0. The molecule has 3 aromatic rings. The summed E-state index contributed by atoms with van der Waals surface area (Å²) in [5.74, 6) is -0.834. The van der Waals surface area contributed by atoms with Gasteiger partial charge in [0.25, 0.3) is 5.91 Å². The first kappa shape index (κ1) is 21.3. The molecular formula is C24H25N5O3. The number of amides is 3. The summed E-state index contributed by atoms with van der Waals surface area (Å²) >= 11 is 0. The molecule has 0 spiro atoms. The first-order chi connectivity index (χ1) is 15.6. The maximum absolute atomic E-state index is 12.7. The number of aromatic nitrogens is 2. The van der Waals surface area contributed by atoms with Crippen LogP contribution < -0.4 is 15.5 Å². The highest BCUT2D eigenvalue weighted by molar-refractivity contribution is 6.03. The molecule has 8 nitrogen and oxygen atoms in total. The van der Waals surface area contributed by atoms with Crippen LogP contribution in [0.5, 0.6) is 0 Å². The Balaban J connectivity index is 1.25. The molecule has 1 atom stereocenters. The molecule has 0 saturated carbocycles. The fraction of sp³-hybridized carbons (Fsp3) is 0.250. The van der Waals surface area contributed by atoms with Crippen molar-refractivity contribution in [2.24, 2.45) is 5.92 Å². The van der Waals surface area contributed by atoms with Crippen molar-refractivity contribution in [1.82, 2.24) is 14.9 Å². The summed E-state index contributed by atoms with van der Waals surface area (Å²) in [5, 5.41) is 5.74. The average molecular weight is 431 g/mol. The van der Waals surface area contributed by atoms with Crippen LogP contribution in [-0.4, -0.2) is 40.4 Å². The van der Waals surface area contributed by atoms with E-state index in [4.69, 9.17) is 0 Å². The van der Waals surface area contributed by atoms with Crippen molar-refractivity contribution in [2.75, 3.05) is 23.3 Å². The van der Waals surface area contributed by atoms with Gasteiger partial charge in [0.2, 0.25) is 11.8 Å². The third-order valence-corrected chi connectivity index (χ3v) is 5.42. The number of hydrogen-bond donors (Lipinski definition) is 2. The molecule has 0 bridgehead atoms. The minimum absolute atomic E-state index is 0.0589. The van der Waals surface area contributed by atoms with Crippen LogP contribution in [0.25, 0.3) is 0 Å². The van der Waals surface area contributed by atoms with Crippen LogP contribution in [-0.2, 0) is 16.1 Å². The van der Waals surface area contributed by atoms with Gasteiger partial charge in [0.1, 0.15) is 0 Å². The van der Waals surface area contributed by atoms with E-state index in [1.807, 2.05) is 41.1 Å². The molecule has 1 aliphatic rings. The fourth-order valence-electron chi connectivity index (χ4n) is 3.67. The topological polar surface area (TPSA) is 96.3 Å². The van der Waals surface area contributed by atoms with E-state index in [0.717, 1.165) is 18.7 Å². The first-order valence-corrected chi connectivity index (χ1v) is 10.6. The van der Waals surface area contributed by atoms with Gasteiger partial charge in [-0.15, -0.1) is 0 Å². The van der Waals surface area contributed by atoms with Crippen molar-refractivity contribution in [3.8, 4) is 0 Å². The summed E-state index contributed by atoms with van der Waals surface area (Å²) in [6.07, 6.45) is 6.34. The van der Waals surface area contributed by atoms with E-state index in [9.17, 15) is 14.4 Å². The number of hydrogen-bond acceptors (Lipinski definition) is 4. The number of aryl methyl sites for hydroxylation is 1. The third-order valence-electron chi connectivity index (χ3n) is 5.42. The molecule has 2 N–H and O–H groups in total. The molecule has 1 unspecified atom stereocenters. The van der Waals surface area contributed by atoms with Crippen LogP contribution >= 0.6 is 0 Å². The largest absolute Gasteiger partial charge is 0.352 e. The summed E-state index contributed by atoms with van der Waals surface area (Å²) in [5.41, 5.74) is 1.92. The van der Waals surface area contributed by atoms with E-state index in [0.29, 0.717) is 24.3 Å². The molecule has 2 aromatic carbocycles. The lowest BCUT2D eigenvalue weighted by Gasteiger charge is -2.16. The van der Waals surface area contributed by atoms with Gasteiger partial charge in [0, 0.05) is 55.4 Å². The van der Waals surface area contributed by atoms with Crippen molar-refractivity contribution in [1.29, 1.82) is 0 Å². The Labute approximate surface area is 186 Å². The highest BCUT2D eigenvalue weighted by Crippen LogP contribution is 2.25.